The summed E-state index contributed by atoms with van der Waals surface area (Å²) in [5, 5.41) is 12.0. The van der Waals surface area contributed by atoms with Crippen LogP contribution in [-0.2, 0) is 16.1 Å². The minimum absolute atomic E-state index is 0.00695. The van der Waals surface area contributed by atoms with E-state index in [0.29, 0.717) is 23.7 Å². The van der Waals surface area contributed by atoms with Gasteiger partial charge in [-0.1, -0.05) is 54.1 Å². The summed E-state index contributed by atoms with van der Waals surface area (Å²) in [5.41, 5.74) is 0.906. The molecule has 2 aromatic carbocycles. The van der Waals surface area contributed by atoms with E-state index in [2.05, 4.69) is 5.32 Å². The van der Waals surface area contributed by atoms with Crippen molar-refractivity contribution >= 4 is 23.4 Å². The number of carbonyl (C=O) groups is 2. The number of carbonyl (C=O) groups excluding carboxylic acids is 2. The quantitative estimate of drug-likeness (QED) is 0.597. The Balaban J connectivity index is 2.08. The van der Waals surface area contributed by atoms with Crippen LogP contribution in [0.15, 0.2) is 54.6 Å². The minimum atomic E-state index is -0.693. The van der Waals surface area contributed by atoms with Crippen molar-refractivity contribution in [2.45, 2.75) is 25.9 Å². The Bertz CT molecular complexity index is 770. The molecule has 0 saturated carbocycles. The zero-order chi connectivity index (χ0) is 20.4. The summed E-state index contributed by atoms with van der Waals surface area (Å²) in [6, 6.07) is 15.7. The number of nitrogens with zero attached hydrogens (tertiary/aromatic N) is 1. The molecule has 0 spiro atoms. The van der Waals surface area contributed by atoms with Crippen molar-refractivity contribution in [2.24, 2.45) is 0 Å². The number of amides is 2. The predicted octanol–water partition coefficient (Wildman–Crippen LogP) is 2.63. The molecule has 0 aliphatic heterocycles. The maximum absolute atomic E-state index is 12.8. The second-order valence-corrected chi connectivity index (χ2v) is 6.68. The Morgan fingerprint density at radius 2 is 1.82 bits per heavy atom. The Morgan fingerprint density at radius 1 is 1.14 bits per heavy atom. The minimum Gasteiger partial charge on any atom is -0.482 e. The molecule has 2 rings (SSSR count). The monoisotopic (exact) mass is 404 g/mol. The van der Waals surface area contributed by atoms with Gasteiger partial charge in [-0.2, -0.15) is 0 Å². The van der Waals surface area contributed by atoms with Crippen LogP contribution in [0.2, 0.25) is 5.02 Å². The van der Waals surface area contributed by atoms with Gasteiger partial charge in [-0.15, -0.1) is 0 Å². The van der Waals surface area contributed by atoms with Crippen LogP contribution in [0.3, 0.4) is 0 Å². The summed E-state index contributed by atoms with van der Waals surface area (Å²) in [7, 11) is 0. The summed E-state index contributed by atoms with van der Waals surface area (Å²) in [4.78, 5) is 26.8. The first-order valence-corrected chi connectivity index (χ1v) is 9.50. The molecule has 0 aliphatic rings. The number of hydrogen-bond donors (Lipinski definition) is 2. The maximum atomic E-state index is 12.8. The van der Waals surface area contributed by atoms with Gasteiger partial charge in [0.05, 0.1) is 5.02 Å². The number of benzene rings is 2. The molecular weight excluding hydrogens is 380 g/mol. The van der Waals surface area contributed by atoms with Gasteiger partial charge in [0.15, 0.2) is 6.61 Å². The number of nitrogens with one attached hydrogen (secondary N) is 1. The van der Waals surface area contributed by atoms with Crippen LogP contribution in [0.5, 0.6) is 5.75 Å². The van der Waals surface area contributed by atoms with Crippen molar-refractivity contribution in [3.05, 3.63) is 65.2 Å². The van der Waals surface area contributed by atoms with Crippen LogP contribution in [-0.4, -0.2) is 47.6 Å². The van der Waals surface area contributed by atoms with Crippen LogP contribution in [0.25, 0.3) is 0 Å². The Kier molecular flexibility index (Phi) is 8.78. The van der Waals surface area contributed by atoms with E-state index in [0.717, 1.165) is 5.56 Å². The first kappa shape index (κ1) is 21.7. The van der Waals surface area contributed by atoms with Gasteiger partial charge < -0.3 is 20.1 Å². The summed E-state index contributed by atoms with van der Waals surface area (Å²) in [6.45, 7) is 2.06. The van der Waals surface area contributed by atoms with Crippen molar-refractivity contribution in [3.8, 4) is 5.75 Å². The summed E-state index contributed by atoms with van der Waals surface area (Å²) >= 11 is 6.07. The van der Waals surface area contributed by atoms with Crippen LogP contribution in [0.1, 0.15) is 18.9 Å². The lowest BCUT2D eigenvalue weighted by molar-refractivity contribution is -0.142. The van der Waals surface area contributed by atoms with Gasteiger partial charge in [0.25, 0.3) is 5.91 Å². The standard InChI is InChI=1S/C21H25ClN2O4/c1-16(21(27)23-12-7-13-25)24(14-17-8-3-2-4-9-17)20(26)15-28-19-11-6-5-10-18(19)22/h2-6,8-11,16,25H,7,12-15H2,1H3,(H,23,27)/t16-/m0/s1. The van der Waals surface area contributed by atoms with Gasteiger partial charge >= 0.3 is 0 Å². The van der Waals surface area contributed by atoms with E-state index >= 15 is 0 Å². The molecule has 28 heavy (non-hydrogen) atoms. The Hall–Kier alpha value is -2.57. The van der Waals surface area contributed by atoms with Gasteiger partial charge in [-0.05, 0) is 31.0 Å². The van der Waals surface area contributed by atoms with Crippen LogP contribution in [0.4, 0.5) is 0 Å². The molecule has 1 atom stereocenters. The zero-order valence-corrected chi connectivity index (χ0v) is 16.6. The second kappa shape index (κ2) is 11.3. The first-order chi connectivity index (χ1) is 13.5. The van der Waals surface area contributed by atoms with Crippen LogP contribution < -0.4 is 10.1 Å². The van der Waals surface area contributed by atoms with Gasteiger partial charge in [-0.25, -0.2) is 0 Å². The molecule has 0 bridgehead atoms. The SMILES string of the molecule is C[C@@H](C(=O)NCCCO)N(Cc1ccccc1)C(=O)COc1ccccc1Cl. The number of aliphatic hydroxyl groups excluding tert-OH is 1. The topological polar surface area (TPSA) is 78.9 Å². The van der Waals surface area contributed by atoms with Crippen molar-refractivity contribution in [2.75, 3.05) is 19.8 Å². The summed E-state index contributed by atoms with van der Waals surface area (Å²) in [5.74, 6) is -0.193. The fourth-order valence-corrected chi connectivity index (χ4v) is 2.78. The fraction of sp³-hybridized carbons (Fsp3) is 0.333. The molecule has 2 aromatic rings. The molecule has 0 heterocycles. The highest BCUT2D eigenvalue weighted by Crippen LogP contribution is 2.23. The average molecular weight is 405 g/mol. The Labute approximate surface area is 170 Å². The molecule has 2 amide bonds. The van der Waals surface area contributed by atoms with Gasteiger partial charge in [0.2, 0.25) is 5.91 Å². The molecule has 0 aliphatic carbocycles. The smallest absolute Gasteiger partial charge is 0.261 e. The highest BCUT2D eigenvalue weighted by Gasteiger charge is 2.26. The third-order valence-electron chi connectivity index (χ3n) is 4.18. The summed E-state index contributed by atoms with van der Waals surface area (Å²) in [6.07, 6.45) is 0.459. The lowest BCUT2D eigenvalue weighted by atomic mass is 10.1. The lowest BCUT2D eigenvalue weighted by Gasteiger charge is -2.28. The highest BCUT2D eigenvalue weighted by atomic mass is 35.5. The number of aliphatic hydroxyl groups is 1. The molecule has 0 unspecified atom stereocenters. The van der Waals surface area contributed by atoms with E-state index < -0.39 is 6.04 Å². The molecule has 6 nitrogen and oxygen atoms in total. The molecule has 2 N–H and O–H groups in total. The summed E-state index contributed by atoms with van der Waals surface area (Å²) < 4.78 is 5.56. The van der Waals surface area contributed by atoms with Crippen LogP contribution in [0, 0.1) is 0 Å². The van der Waals surface area contributed by atoms with Crippen molar-refractivity contribution in [1.29, 1.82) is 0 Å². The average Bonchev–Trinajstić information content (AvgIpc) is 2.71. The van der Waals surface area contributed by atoms with E-state index in [1.54, 1.807) is 31.2 Å². The second-order valence-electron chi connectivity index (χ2n) is 6.27. The van der Waals surface area contributed by atoms with E-state index in [-0.39, 0.29) is 31.6 Å². The largest absolute Gasteiger partial charge is 0.482 e. The highest BCUT2D eigenvalue weighted by molar-refractivity contribution is 6.32. The number of rotatable bonds is 10. The number of hydrogen-bond acceptors (Lipinski definition) is 4. The predicted molar refractivity (Wildman–Crippen MR) is 108 cm³/mol. The van der Waals surface area contributed by atoms with Gasteiger partial charge in [0.1, 0.15) is 11.8 Å². The third-order valence-corrected chi connectivity index (χ3v) is 4.50. The molecule has 0 radical (unpaired) electrons. The lowest BCUT2D eigenvalue weighted by Crippen LogP contribution is -2.49. The number of ether oxygens (including phenoxy) is 1. The molecule has 0 aromatic heterocycles. The van der Waals surface area contributed by atoms with Gasteiger partial charge in [0, 0.05) is 19.7 Å². The van der Waals surface area contributed by atoms with Gasteiger partial charge in [-0.3, -0.25) is 9.59 Å². The van der Waals surface area contributed by atoms with Crippen molar-refractivity contribution in [3.63, 3.8) is 0 Å². The molecule has 0 fully saturated rings. The van der Waals surface area contributed by atoms with E-state index in [9.17, 15) is 9.59 Å². The maximum Gasteiger partial charge on any atom is 0.261 e. The Morgan fingerprint density at radius 3 is 2.50 bits per heavy atom. The number of para-hydroxylation sites is 1. The molecule has 0 saturated heterocycles. The zero-order valence-electron chi connectivity index (χ0n) is 15.8. The first-order valence-electron chi connectivity index (χ1n) is 9.12. The molecule has 150 valence electrons. The van der Waals surface area contributed by atoms with Crippen molar-refractivity contribution < 1.29 is 19.4 Å². The van der Waals surface area contributed by atoms with Crippen molar-refractivity contribution in [1.82, 2.24) is 10.2 Å². The van der Waals surface area contributed by atoms with Crippen LogP contribution >= 0.6 is 11.6 Å². The third kappa shape index (κ3) is 6.55. The fourth-order valence-electron chi connectivity index (χ4n) is 2.59. The van der Waals surface area contributed by atoms with E-state index in [1.165, 1.54) is 4.90 Å². The number of halogens is 1. The molecule has 7 heteroatoms. The normalized spacial score (nSPS) is 11.5. The van der Waals surface area contributed by atoms with E-state index in [1.807, 2.05) is 30.3 Å². The van der Waals surface area contributed by atoms with E-state index in [4.69, 9.17) is 21.4 Å². The molecular formula is C21H25ClN2O4.